The van der Waals surface area contributed by atoms with Gasteiger partial charge in [0.25, 0.3) is 0 Å². The Labute approximate surface area is 206 Å². The minimum atomic E-state index is -0.117. The molecule has 0 saturated carbocycles. The smallest absolute Gasteiger partial charge is 0.193 e. The summed E-state index contributed by atoms with van der Waals surface area (Å²) in [6, 6.07) is 23.9. The van der Waals surface area contributed by atoms with Gasteiger partial charge in [0.2, 0.25) is 0 Å². The van der Waals surface area contributed by atoms with Crippen molar-refractivity contribution in [3.05, 3.63) is 128 Å². The van der Waals surface area contributed by atoms with Crippen molar-refractivity contribution in [2.45, 2.75) is 6.42 Å². The number of hydrogen-bond donors (Lipinski definition) is 1. The van der Waals surface area contributed by atoms with Crippen LogP contribution in [0.25, 0.3) is 0 Å². The third-order valence-corrected chi connectivity index (χ3v) is 5.81. The molecule has 0 unspecified atom stereocenters. The fraction of sp³-hybridized carbons (Fsp3) is 0.0385. The minimum Gasteiger partial charge on any atom is -0.289 e. The number of hydrazone groups is 1. The predicted octanol–water partition coefficient (Wildman–Crippen LogP) is 7.31. The van der Waals surface area contributed by atoms with Crippen molar-refractivity contribution in [3.8, 4) is 0 Å². The van der Waals surface area contributed by atoms with Gasteiger partial charge >= 0.3 is 0 Å². The number of pyridine rings is 1. The Morgan fingerprint density at radius 3 is 2.24 bits per heavy atom. The van der Waals surface area contributed by atoms with Gasteiger partial charge in [0, 0.05) is 33.8 Å². The quantitative estimate of drug-likeness (QED) is 0.127. The second-order valence-corrected chi connectivity index (χ2v) is 8.47. The van der Waals surface area contributed by atoms with Crippen LogP contribution in [-0.4, -0.2) is 17.0 Å². The maximum Gasteiger partial charge on any atom is 0.193 e. The molecule has 0 spiro atoms. The fourth-order valence-corrected chi connectivity index (χ4v) is 4.04. The molecular weight excluding hydrogens is 477 g/mol. The van der Waals surface area contributed by atoms with Crippen LogP contribution in [0.2, 0.25) is 15.2 Å². The van der Waals surface area contributed by atoms with Gasteiger partial charge in [-0.15, -0.1) is 0 Å². The second-order valence-electron chi connectivity index (χ2n) is 7.27. The van der Waals surface area contributed by atoms with Gasteiger partial charge in [-0.1, -0.05) is 89.4 Å². The average molecular weight is 495 g/mol. The number of rotatable bonds is 7. The van der Waals surface area contributed by atoms with Crippen LogP contribution in [-0.2, 0) is 6.42 Å². The summed E-state index contributed by atoms with van der Waals surface area (Å²) < 4.78 is 0. The van der Waals surface area contributed by atoms with Crippen LogP contribution < -0.4 is 5.43 Å². The van der Waals surface area contributed by atoms with Crippen molar-refractivity contribution in [1.82, 2.24) is 4.98 Å². The van der Waals surface area contributed by atoms with E-state index in [4.69, 9.17) is 34.8 Å². The lowest BCUT2D eigenvalue weighted by Crippen LogP contribution is -2.02. The molecule has 1 N–H and O–H groups in total. The summed E-state index contributed by atoms with van der Waals surface area (Å²) in [5.41, 5.74) is 7.46. The van der Waals surface area contributed by atoms with Crippen LogP contribution in [0.15, 0.2) is 90.2 Å². The van der Waals surface area contributed by atoms with E-state index in [1.807, 2.05) is 42.5 Å². The van der Waals surface area contributed by atoms with E-state index >= 15 is 0 Å². The largest absolute Gasteiger partial charge is 0.289 e. The van der Waals surface area contributed by atoms with Gasteiger partial charge in [-0.05, 0) is 41.0 Å². The lowest BCUT2D eigenvalue weighted by atomic mass is 9.99. The number of benzene rings is 3. The summed E-state index contributed by atoms with van der Waals surface area (Å²) in [6.45, 7) is 0. The number of carbonyl (C=O) groups excluding carboxylic acids is 1. The number of nitrogens with zero attached hydrogens (tertiary/aromatic N) is 2. The summed E-state index contributed by atoms with van der Waals surface area (Å²) in [5, 5.41) is 5.58. The Hall–Kier alpha value is -3.18. The number of ketones is 1. The number of carbonyl (C=O) groups is 1. The van der Waals surface area contributed by atoms with Crippen molar-refractivity contribution in [3.63, 3.8) is 0 Å². The fourth-order valence-electron chi connectivity index (χ4n) is 3.25. The summed E-state index contributed by atoms with van der Waals surface area (Å²) in [4.78, 5) is 16.5. The van der Waals surface area contributed by atoms with Crippen LogP contribution in [0.1, 0.15) is 32.6 Å². The molecule has 0 aliphatic carbocycles. The van der Waals surface area contributed by atoms with E-state index in [1.165, 1.54) is 6.20 Å². The van der Waals surface area contributed by atoms with Gasteiger partial charge in [-0.25, -0.2) is 4.98 Å². The Morgan fingerprint density at radius 2 is 1.58 bits per heavy atom. The zero-order valence-corrected chi connectivity index (χ0v) is 19.6. The zero-order valence-electron chi connectivity index (χ0n) is 17.3. The third-order valence-electron chi connectivity index (χ3n) is 4.93. The van der Waals surface area contributed by atoms with Crippen molar-refractivity contribution >= 4 is 52.5 Å². The van der Waals surface area contributed by atoms with Crippen LogP contribution >= 0.6 is 34.8 Å². The number of nitrogens with one attached hydrogen (secondary N) is 1. The van der Waals surface area contributed by atoms with Crippen LogP contribution in [0, 0.1) is 0 Å². The van der Waals surface area contributed by atoms with Crippen LogP contribution in [0.3, 0.4) is 0 Å². The van der Waals surface area contributed by atoms with E-state index in [9.17, 15) is 4.79 Å². The summed E-state index contributed by atoms with van der Waals surface area (Å²) >= 11 is 18.9. The van der Waals surface area contributed by atoms with Crippen LogP contribution in [0.4, 0.5) is 5.69 Å². The number of hydrogen-bond acceptors (Lipinski definition) is 4. The first kappa shape index (κ1) is 23.0. The van der Waals surface area contributed by atoms with Gasteiger partial charge in [0.15, 0.2) is 5.78 Å². The highest BCUT2D eigenvalue weighted by atomic mass is 35.5. The topological polar surface area (TPSA) is 54.4 Å². The molecule has 7 heteroatoms. The van der Waals surface area contributed by atoms with Gasteiger partial charge in [0.1, 0.15) is 5.15 Å². The number of aromatic nitrogens is 1. The van der Waals surface area contributed by atoms with Crippen molar-refractivity contribution < 1.29 is 4.79 Å². The van der Waals surface area contributed by atoms with Crippen molar-refractivity contribution in [1.29, 1.82) is 0 Å². The molecular formula is C26H18Cl3N3O. The molecule has 4 nitrogen and oxygen atoms in total. The summed E-state index contributed by atoms with van der Waals surface area (Å²) in [5.74, 6) is -0.117. The molecule has 1 heterocycles. The van der Waals surface area contributed by atoms with Crippen molar-refractivity contribution in [2.24, 2.45) is 5.10 Å². The lowest BCUT2D eigenvalue weighted by Gasteiger charge is -2.11. The average Bonchev–Trinajstić information content (AvgIpc) is 2.82. The molecule has 164 valence electrons. The molecule has 4 rings (SSSR count). The first-order valence-electron chi connectivity index (χ1n) is 10.1. The van der Waals surface area contributed by atoms with E-state index < -0.39 is 0 Å². The summed E-state index contributed by atoms with van der Waals surface area (Å²) in [7, 11) is 0. The molecule has 0 atom stereocenters. The Balaban J connectivity index is 1.45. The molecule has 0 saturated heterocycles. The molecule has 0 bridgehead atoms. The molecule has 0 radical (unpaired) electrons. The van der Waals surface area contributed by atoms with E-state index in [2.05, 4.69) is 15.5 Å². The predicted molar refractivity (Wildman–Crippen MR) is 136 cm³/mol. The van der Waals surface area contributed by atoms with Crippen molar-refractivity contribution in [2.75, 3.05) is 5.43 Å². The zero-order chi connectivity index (χ0) is 23.2. The van der Waals surface area contributed by atoms with E-state index in [-0.39, 0.29) is 10.9 Å². The van der Waals surface area contributed by atoms with E-state index in [0.29, 0.717) is 33.3 Å². The number of halogens is 3. The monoisotopic (exact) mass is 493 g/mol. The molecule has 33 heavy (non-hydrogen) atoms. The standard InChI is InChI=1S/C26H18Cl3N3O/c27-23-14-21(32-31-16-18-4-2-1-3-5-18)15-24(28)22(23)12-17-6-8-19(9-7-17)26(33)20-10-11-30-25(29)13-20/h1-11,13-16,32H,12H2/b31-16+. The first-order chi connectivity index (χ1) is 16.0. The lowest BCUT2D eigenvalue weighted by molar-refractivity contribution is 0.103. The van der Waals surface area contributed by atoms with Crippen LogP contribution in [0.5, 0.6) is 0 Å². The van der Waals surface area contributed by atoms with Gasteiger partial charge in [-0.2, -0.15) is 5.10 Å². The third kappa shape index (κ3) is 5.99. The highest BCUT2D eigenvalue weighted by Gasteiger charge is 2.12. The maximum atomic E-state index is 12.6. The minimum absolute atomic E-state index is 0.117. The highest BCUT2D eigenvalue weighted by Crippen LogP contribution is 2.31. The van der Waals surface area contributed by atoms with Gasteiger partial charge < -0.3 is 0 Å². The number of anilines is 1. The Bertz CT molecular complexity index is 1280. The molecule has 1 aromatic heterocycles. The highest BCUT2D eigenvalue weighted by molar-refractivity contribution is 6.36. The van der Waals surface area contributed by atoms with E-state index in [0.717, 1.165) is 16.7 Å². The van der Waals surface area contributed by atoms with E-state index in [1.54, 1.807) is 42.6 Å². The molecule has 0 fully saturated rings. The second kappa shape index (κ2) is 10.6. The Morgan fingerprint density at radius 1 is 0.879 bits per heavy atom. The SMILES string of the molecule is O=C(c1ccc(Cc2c(Cl)cc(N/N=C/c3ccccc3)cc2Cl)cc1)c1ccnc(Cl)c1. The molecule has 4 aromatic rings. The normalized spacial score (nSPS) is 11.0. The Kier molecular flexibility index (Phi) is 7.40. The first-order valence-corrected chi connectivity index (χ1v) is 11.2. The molecule has 0 amide bonds. The molecule has 3 aromatic carbocycles. The maximum absolute atomic E-state index is 12.6. The molecule has 0 aliphatic heterocycles. The molecule has 0 aliphatic rings. The summed E-state index contributed by atoms with van der Waals surface area (Å²) in [6.07, 6.45) is 3.76. The van der Waals surface area contributed by atoms with Gasteiger partial charge in [0.05, 0.1) is 11.9 Å². The van der Waals surface area contributed by atoms with Gasteiger partial charge in [-0.3, -0.25) is 10.2 Å².